The van der Waals surface area contributed by atoms with Gasteiger partial charge in [0.1, 0.15) is 5.82 Å². The first kappa shape index (κ1) is 20.8. The van der Waals surface area contributed by atoms with Crippen LogP contribution in [0.2, 0.25) is 0 Å². The van der Waals surface area contributed by atoms with E-state index in [2.05, 4.69) is 10.2 Å². The molecule has 1 N–H and O–H groups in total. The van der Waals surface area contributed by atoms with Gasteiger partial charge in [-0.2, -0.15) is 0 Å². The van der Waals surface area contributed by atoms with Gasteiger partial charge in [0.2, 0.25) is 11.8 Å². The molecule has 0 bridgehead atoms. The third-order valence-electron chi connectivity index (χ3n) is 4.87. The van der Waals surface area contributed by atoms with Gasteiger partial charge < -0.3 is 19.9 Å². The predicted molar refractivity (Wildman–Crippen MR) is 110 cm³/mol. The number of hydrogen-bond acceptors (Lipinski definition) is 4. The zero-order valence-corrected chi connectivity index (χ0v) is 16.6. The molecule has 1 saturated heterocycles. The summed E-state index contributed by atoms with van der Waals surface area (Å²) in [5.74, 6) is -0.586. The van der Waals surface area contributed by atoms with Crippen molar-refractivity contribution in [3.63, 3.8) is 0 Å². The SMILES string of the molecule is CC(=O)N(CCC(=O)NCc1ccc(F)cc1)c1ccccc1N1CCOCC1. The molecule has 0 spiro atoms. The summed E-state index contributed by atoms with van der Waals surface area (Å²) in [6, 6.07) is 13.7. The molecule has 2 aromatic rings. The van der Waals surface area contributed by atoms with Gasteiger partial charge in [-0.25, -0.2) is 4.39 Å². The van der Waals surface area contributed by atoms with Crippen LogP contribution in [0.1, 0.15) is 18.9 Å². The molecular formula is C22H26FN3O3. The molecule has 2 amide bonds. The first-order valence-corrected chi connectivity index (χ1v) is 9.75. The lowest BCUT2D eigenvalue weighted by atomic mass is 10.2. The average Bonchev–Trinajstić information content (AvgIpc) is 2.74. The Morgan fingerprint density at radius 3 is 2.48 bits per heavy atom. The Balaban J connectivity index is 1.62. The molecule has 154 valence electrons. The van der Waals surface area contributed by atoms with Crippen LogP contribution in [0.3, 0.4) is 0 Å². The quantitative estimate of drug-likeness (QED) is 0.778. The van der Waals surface area contributed by atoms with Gasteiger partial charge in [-0.1, -0.05) is 24.3 Å². The van der Waals surface area contributed by atoms with Crippen molar-refractivity contribution >= 4 is 23.2 Å². The molecule has 1 heterocycles. The van der Waals surface area contributed by atoms with Gasteiger partial charge in [0.15, 0.2) is 0 Å². The summed E-state index contributed by atoms with van der Waals surface area (Å²) in [6.07, 6.45) is 0.179. The van der Waals surface area contributed by atoms with Gasteiger partial charge in [-0.05, 0) is 29.8 Å². The van der Waals surface area contributed by atoms with E-state index in [0.717, 1.165) is 30.0 Å². The second kappa shape index (κ2) is 10.0. The van der Waals surface area contributed by atoms with Crippen LogP contribution >= 0.6 is 0 Å². The molecule has 0 saturated carbocycles. The second-order valence-corrected chi connectivity index (χ2v) is 6.91. The molecule has 0 atom stereocenters. The summed E-state index contributed by atoms with van der Waals surface area (Å²) < 4.78 is 18.4. The smallest absolute Gasteiger partial charge is 0.223 e. The van der Waals surface area contributed by atoms with E-state index in [9.17, 15) is 14.0 Å². The Morgan fingerprint density at radius 2 is 1.79 bits per heavy atom. The highest BCUT2D eigenvalue weighted by atomic mass is 19.1. The van der Waals surface area contributed by atoms with Crippen molar-refractivity contribution < 1.29 is 18.7 Å². The van der Waals surface area contributed by atoms with Crippen molar-refractivity contribution in [2.45, 2.75) is 19.9 Å². The number of halogens is 1. The first-order valence-electron chi connectivity index (χ1n) is 9.75. The molecule has 0 radical (unpaired) electrons. The Labute approximate surface area is 170 Å². The Morgan fingerprint density at radius 1 is 1.10 bits per heavy atom. The molecule has 1 aliphatic rings. The van der Waals surface area contributed by atoms with Gasteiger partial charge in [-0.3, -0.25) is 9.59 Å². The number of anilines is 2. The summed E-state index contributed by atoms with van der Waals surface area (Å²) in [5, 5.41) is 2.82. The number of ether oxygens (including phenoxy) is 1. The number of nitrogens with one attached hydrogen (secondary N) is 1. The maximum atomic E-state index is 13.0. The highest BCUT2D eigenvalue weighted by Crippen LogP contribution is 2.30. The van der Waals surface area contributed by atoms with Crippen molar-refractivity contribution in [3.8, 4) is 0 Å². The number of para-hydroxylation sites is 2. The molecule has 0 aliphatic carbocycles. The number of carbonyl (C=O) groups is 2. The first-order chi connectivity index (χ1) is 14.0. The monoisotopic (exact) mass is 399 g/mol. The molecule has 0 unspecified atom stereocenters. The maximum Gasteiger partial charge on any atom is 0.223 e. The van der Waals surface area contributed by atoms with E-state index >= 15 is 0 Å². The molecule has 29 heavy (non-hydrogen) atoms. The molecule has 3 rings (SSSR count). The number of morpholine rings is 1. The van der Waals surface area contributed by atoms with E-state index in [1.54, 1.807) is 17.0 Å². The zero-order valence-electron chi connectivity index (χ0n) is 16.6. The standard InChI is InChI=1S/C22H26FN3O3/c1-17(27)26(11-10-22(28)24-16-18-6-8-19(23)9-7-18)21-5-3-2-4-20(21)25-12-14-29-15-13-25/h2-9H,10-16H2,1H3,(H,24,28). The number of amides is 2. The van der Waals surface area contributed by atoms with Crippen LogP contribution in [0.5, 0.6) is 0 Å². The fraction of sp³-hybridized carbons (Fsp3) is 0.364. The normalized spacial score (nSPS) is 13.8. The summed E-state index contributed by atoms with van der Waals surface area (Å²) >= 11 is 0. The average molecular weight is 399 g/mol. The summed E-state index contributed by atoms with van der Waals surface area (Å²) in [5.41, 5.74) is 2.59. The highest BCUT2D eigenvalue weighted by Gasteiger charge is 2.21. The maximum absolute atomic E-state index is 13.0. The number of rotatable bonds is 7. The van der Waals surface area contributed by atoms with Crippen LogP contribution in [0.15, 0.2) is 48.5 Å². The topological polar surface area (TPSA) is 61.9 Å². The fourth-order valence-corrected chi connectivity index (χ4v) is 3.32. The molecule has 1 fully saturated rings. The van der Waals surface area contributed by atoms with Crippen LogP contribution in [-0.2, 0) is 20.9 Å². The van der Waals surface area contributed by atoms with Gasteiger partial charge in [0, 0.05) is 39.5 Å². The molecule has 0 aromatic heterocycles. The van der Waals surface area contributed by atoms with Crippen molar-refractivity contribution in [3.05, 3.63) is 59.9 Å². The van der Waals surface area contributed by atoms with Crippen molar-refractivity contribution in [1.29, 1.82) is 0 Å². The molecule has 2 aromatic carbocycles. The Kier molecular flexibility index (Phi) is 7.19. The Bertz CT molecular complexity index is 835. The highest BCUT2D eigenvalue weighted by molar-refractivity contribution is 5.96. The lowest BCUT2D eigenvalue weighted by molar-refractivity contribution is -0.121. The largest absolute Gasteiger partial charge is 0.378 e. The van der Waals surface area contributed by atoms with Gasteiger partial charge in [0.05, 0.1) is 24.6 Å². The van der Waals surface area contributed by atoms with Crippen molar-refractivity contribution in [2.24, 2.45) is 0 Å². The minimum atomic E-state index is -0.309. The van der Waals surface area contributed by atoms with E-state index in [0.29, 0.717) is 19.8 Å². The third-order valence-corrected chi connectivity index (χ3v) is 4.87. The van der Waals surface area contributed by atoms with Crippen molar-refractivity contribution in [2.75, 3.05) is 42.6 Å². The minimum absolute atomic E-state index is 0.114. The number of carbonyl (C=O) groups excluding carboxylic acids is 2. The zero-order chi connectivity index (χ0) is 20.6. The molecule has 7 heteroatoms. The Hall–Kier alpha value is -2.93. The lowest BCUT2D eigenvalue weighted by Gasteiger charge is -2.33. The van der Waals surface area contributed by atoms with E-state index in [1.165, 1.54) is 19.1 Å². The summed E-state index contributed by atoms with van der Waals surface area (Å²) in [4.78, 5) is 28.4. The molecule has 6 nitrogen and oxygen atoms in total. The number of hydrogen-bond donors (Lipinski definition) is 1. The lowest BCUT2D eigenvalue weighted by Crippen LogP contribution is -2.39. The molecular weight excluding hydrogens is 373 g/mol. The van der Waals surface area contributed by atoms with Crippen LogP contribution in [0.4, 0.5) is 15.8 Å². The van der Waals surface area contributed by atoms with Gasteiger partial charge >= 0.3 is 0 Å². The summed E-state index contributed by atoms with van der Waals surface area (Å²) in [6.45, 7) is 4.95. The minimum Gasteiger partial charge on any atom is -0.378 e. The molecule has 1 aliphatic heterocycles. The van der Waals surface area contributed by atoms with Gasteiger partial charge in [-0.15, -0.1) is 0 Å². The second-order valence-electron chi connectivity index (χ2n) is 6.91. The number of benzene rings is 2. The van der Waals surface area contributed by atoms with E-state index in [1.807, 2.05) is 24.3 Å². The summed E-state index contributed by atoms with van der Waals surface area (Å²) in [7, 11) is 0. The van der Waals surface area contributed by atoms with E-state index < -0.39 is 0 Å². The van der Waals surface area contributed by atoms with Crippen LogP contribution in [-0.4, -0.2) is 44.7 Å². The van der Waals surface area contributed by atoms with E-state index in [4.69, 9.17) is 4.74 Å². The van der Waals surface area contributed by atoms with Gasteiger partial charge in [0.25, 0.3) is 0 Å². The number of nitrogens with zero attached hydrogens (tertiary/aromatic N) is 2. The van der Waals surface area contributed by atoms with Crippen molar-refractivity contribution in [1.82, 2.24) is 5.32 Å². The third kappa shape index (κ3) is 5.77. The van der Waals surface area contributed by atoms with Crippen LogP contribution < -0.4 is 15.1 Å². The van der Waals surface area contributed by atoms with E-state index in [-0.39, 0.29) is 30.6 Å². The predicted octanol–water partition coefficient (Wildman–Crippen LogP) is 2.72. The van der Waals surface area contributed by atoms with Crippen LogP contribution in [0.25, 0.3) is 0 Å². The fourth-order valence-electron chi connectivity index (χ4n) is 3.32. The van der Waals surface area contributed by atoms with Crippen LogP contribution in [0, 0.1) is 5.82 Å².